The van der Waals surface area contributed by atoms with Crippen LogP contribution < -0.4 is 15.4 Å². The van der Waals surface area contributed by atoms with Crippen molar-refractivity contribution < 1.29 is 14.3 Å². The molecule has 5 nitrogen and oxygen atoms in total. The van der Waals surface area contributed by atoms with Crippen LogP contribution in [0, 0.1) is 0 Å². The van der Waals surface area contributed by atoms with Crippen LogP contribution in [0.3, 0.4) is 0 Å². The van der Waals surface area contributed by atoms with E-state index in [4.69, 9.17) is 4.74 Å². The van der Waals surface area contributed by atoms with Gasteiger partial charge in [-0.1, -0.05) is 48.5 Å². The third kappa shape index (κ3) is 4.29. The lowest BCUT2D eigenvalue weighted by atomic mass is 9.89. The molecule has 0 aromatic heterocycles. The largest absolute Gasteiger partial charge is 0.457 e. The van der Waals surface area contributed by atoms with Crippen molar-refractivity contribution in [3.63, 3.8) is 0 Å². The van der Waals surface area contributed by atoms with E-state index >= 15 is 0 Å². The maximum Gasteiger partial charge on any atom is 0.228 e. The molecule has 1 heterocycles. The summed E-state index contributed by atoms with van der Waals surface area (Å²) in [6.07, 6.45) is 0.152. The SMILES string of the molecule is CC(NC(=O)C1CC(=O)Nc2ccccc21)c1ccc(Oc2ccccc2)cc1. The normalized spacial score (nSPS) is 16.3. The van der Waals surface area contributed by atoms with Gasteiger partial charge in [-0.25, -0.2) is 0 Å². The summed E-state index contributed by atoms with van der Waals surface area (Å²) in [6, 6.07) is 24.5. The first-order chi connectivity index (χ1) is 14.1. The lowest BCUT2D eigenvalue weighted by Crippen LogP contribution is -2.36. The Morgan fingerprint density at radius 1 is 0.966 bits per heavy atom. The molecule has 3 aromatic rings. The molecule has 3 aromatic carbocycles. The molecule has 0 radical (unpaired) electrons. The van der Waals surface area contributed by atoms with Crippen LogP contribution in [0.5, 0.6) is 11.5 Å². The molecule has 4 rings (SSSR count). The summed E-state index contributed by atoms with van der Waals surface area (Å²) in [5.74, 6) is 0.735. The summed E-state index contributed by atoms with van der Waals surface area (Å²) in [6.45, 7) is 1.93. The topological polar surface area (TPSA) is 67.4 Å². The number of amides is 2. The number of benzene rings is 3. The third-order valence-electron chi connectivity index (χ3n) is 5.03. The second kappa shape index (κ2) is 8.19. The van der Waals surface area contributed by atoms with Gasteiger partial charge in [0, 0.05) is 12.1 Å². The summed E-state index contributed by atoms with van der Waals surface area (Å²) in [5, 5.41) is 5.86. The molecule has 0 bridgehead atoms. The van der Waals surface area contributed by atoms with Crippen LogP contribution in [-0.2, 0) is 9.59 Å². The number of anilines is 1. The average molecular weight is 386 g/mol. The molecule has 2 amide bonds. The zero-order valence-corrected chi connectivity index (χ0v) is 16.1. The molecule has 0 aliphatic carbocycles. The van der Waals surface area contributed by atoms with E-state index in [9.17, 15) is 9.59 Å². The van der Waals surface area contributed by atoms with Crippen molar-refractivity contribution in [2.24, 2.45) is 0 Å². The van der Waals surface area contributed by atoms with Gasteiger partial charge in [-0.2, -0.15) is 0 Å². The zero-order valence-electron chi connectivity index (χ0n) is 16.1. The minimum absolute atomic E-state index is 0.140. The predicted octanol–water partition coefficient (Wildman–Crippen LogP) is 4.78. The fourth-order valence-corrected chi connectivity index (χ4v) is 3.49. The van der Waals surface area contributed by atoms with Gasteiger partial charge in [-0.3, -0.25) is 9.59 Å². The number of nitrogens with one attached hydrogen (secondary N) is 2. The molecule has 29 heavy (non-hydrogen) atoms. The van der Waals surface area contributed by atoms with E-state index in [2.05, 4.69) is 10.6 Å². The second-order valence-corrected chi connectivity index (χ2v) is 7.11. The van der Waals surface area contributed by atoms with E-state index < -0.39 is 5.92 Å². The minimum atomic E-state index is -0.483. The number of carbonyl (C=O) groups is 2. The number of rotatable bonds is 5. The predicted molar refractivity (Wildman–Crippen MR) is 112 cm³/mol. The molecule has 0 saturated heterocycles. The quantitative estimate of drug-likeness (QED) is 0.663. The van der Waals surface area contributed by atoms with Gasteiger partial charge >= 0.3 is 0 Å². The molecule has 2 N–H and O–H groups in total. The summed E-state index contributed by atoms with van der Waals surface area (Å²) >= 11 is 0. The first-order valence-electron chi connectivity index (χ1n) is 9.62. The van der Waals surface area contributed by atoms with Gasteiger partial charge in [-0.15, -0.1) is 0 Å². The van der Waals surface area contributed by atoms with E-state index in [0.29, 0.717) is 5.69 Å². The molecule has 0 saturated carbocycles. The van der Waals surface area contributed by atoms with Gasteiger partial charge in [0.25, 0.3) is 0 Å². The number of hydrogen-bond donors (Lipinski definition) is 2. The highest BCUT2D eigenvalue weighted by Gasteiger charge is 2.31. The zero-order chi connectivity index (χ0) is 20.2. The molecule has 0 spiro atoms. The number of para-hydroxylation sites is 2. The van der Waals surface area contributed by atoms with Gasteiger partial charge in [0.2, 0.25) is 11.8 Å². The highest BCUT2D eigenvalue weighted by atomic mass is 16.5. The average Bonchev–Trinajstić information content (AvgIpc) is 2.74. The van der Waals surface area contributed by atoms with E-state index in [1.807, 2.05) is 85.8 Å². The van der Waals surface area contributed by atoms with Crippen molar-refractivity contribution >= 4 is 17.5 Å². The van der Waals surface area contributed by atoms with Crippen molar-refractivity contribution in [2.45, 2.75) is 25.3 Å². The molecule has 1 aliphatic heterocycles. The lowest BCUT2D eigenvalue weighted by molar-refractivity contribution is -0.126. The summed E-state index contributed by atoms with van der Waals surface area (Å²) in [5.41, 5.74) is 2.52. The fraction of sp³-hybridized carbons (Fsp3) is 0.167. The summed E-state index contributed by atoms with van der Waals surface area (Å²) < 4.78 is 5.81. The first-order valence-corrected chi connectivity index (χ1v) is 9.62. The Morgan fingerprint density at radius 3 is 2.38 bits per heavy atom. The molecule has 0 fully saturated rings. The molecular formula is C24H22N2O3. The Kier molecular flexibility index (Phi) is 5.29. The monoisotopic (exact) mass is 386 g/mol. The van der Waals surface area contributed by atoms with Crippen molar-refractivity contribution in [3.05, 3.63) is 90.0 Å². The first kappa shape index (κ1) is 18.7. The highest BCUT2D eigenvalue weighted by molar-refractivity contribution is 6.01. The van der Waals surface area contributed by atoms with Crippen LogP contribution in [0.4, 0.5) is 5.69 Å². The number of ether oxygens (including phenoxy) is 1. The number of hydrogen-bond acceptors (Lipinski definition) is 3. The van der Waals surface area contributed by atoms with Crippen molar-refractivity contribution in [1.82, 2.24) is 5.32 Å². The maximum atomic E-state index is 12.9. The lowest BCUT2D eigenvalue weighted by Gasteiger charge is -2.26. The Morgan fingerprint density at radius 2 is 1.62 bits per heavy atom. The van der Waals surface area contributed by atoms with Crippen molar-refractivity contribution in [1.29, 1.82) is 0 Å². The van der Waals surface area contributed by atoms with E-state index in [-0.39, 0.29) is 24.3 Å². The highest BCUT2D eigenvalue weighted by Crippen LogP contribution is 2.32. The fourth-order valence-electron chi connectivity index (χ4n) is 3.49. The van der Waals surface area contributed by atoms with Crippen LogP contribution in [0.25, 0.3) is 0 Å². The molecule has 2 atom stereocenters. The Hall–Kier alpha value is -3.60. The van der Waals surface area contributed by atoms with Gasteiger partial charge in [0.05, 0.1) is 12.0 Å². The summed E-state index contributed by atoms with van der Waals surface area (Å²) in [4.78, 5) is 24.9. The number of fused-ring (bicyclic) bond motifs is 1. The van der Waals surface area contributed by atoms with E-state index in [0.717, 1.165) is 22.6 Å². The summed E-state index contributed by atoms with van der Waals surface area (Å²) in [7, 11) is 0. The Bertz CT molecular complexity index is 1020. The van der Waals surface area contributed by atoms with Crippen molar-refractivity contribution in [3.8, 4) is 11.5 Å². The molecule has 5 heteroatoms. The molecular weight excluding hydrogens is 364 g/mol. The van der Waals surface area contributed by atoms with Crippen LogP contribution in [0.2, 0.25) is 0 Å². The Balaban J connectivity index is 1.43. The Labute approximate surface area is 169 Å². The van der Waals surface area contributed by atoms with Gasteiger partial charge in [0.1, 0.15) is 11.5 Å². The third-order valence-corrected chi connectivity index (χ3v) is 5.03. The smallest absolute Gasteiger partial charge is 0.228 e. The van der Waals surface area contributed by atoms with E-state index in [1.165, 1.54) is 0 Å². The van der Waals surface area contributed by atoms with Gasteiger partial charge in [-0.05, 0) is 48.4 Å². The minimum Gasteiger partial charge on any atom is -0.457 e. The second-order valence-electron chi connectivity index (χ2n) is 7.11. The van der Waals surface area contributed by atoms with E-state index in [1.54, 1.807) is 0 Å². The van der Waals surface area contributed by atoms with Crippen LogP contribution >= 0.6 is 0 Å². The standard InChI is InChI=1S/C24H22N2O3/c1-16(17-11-13-19(14-12-17)29-18-7-3-2-4-8-18)25-24(28)21-15-23(27)26-22-10-6-5-9-20(21)22/h2-14,16,21H,15H2,1H3,(H,25,28)(H,26,27). The van der Waals surface area contributed by atoms with Gasteiger partial charge < -0.3 is 15.4 Å². The molecule has 146 valence electrons. The van der Waals surface area contributed by atoms with Crippen LogP contribution in [0.15, 0.2) is 78.9 Å². The maximum absolute atomic E-state index is 12.9. The van der Waals surface area contributed by atoms with Crippen LogP contribution in [0.1, 0.15) is 36.4 Å². The number of carbonyl (C=O) groups excluding carboxylic acids is 2. The van der Waals surface area contributed by atoms with Gasteiger partial charge in [0.15, 0.2) is 0 Å². The van der Waals surface area contributed by atoms with Crippen LogP contribution in [-0.4, -0.2) is 11.8 Å². The van der Waals surface area contributed by atoms with Crippen molar-refractivity contribution in [2.75, 3.05) is 5.32 Å². The molecule has 1 aliphatic rings. The molecule has 2 unspecified atom stereocenters.